The molecule has 0 aliphatic carbocycles. The number of pyridine rings is 2. The van der Waals surface area contributed by atoms with Crippen LogP contribution in [0.1, 0.15) is 106 Å². The number of fused-ring (bicyclic) bond motifs is 2. The summed E-state index contributed by atoms with van der Waals surface area (Å²) in [4.78, 5) is 51.9. The first-order valence-corrected chi connectivity index (χ1v) is 27.8. The largest absolute Gasteiger partial charge is 0.478 e. The van der Waals surface area contributed by atoms with Gasteiger partial charge in [0, 0.05) is 84.7 Å². The summed E-state index contributed by atoms with van der Waals surface area (Å²) >= 11 is 0. The number of nitrogens with zero attached hydrogens (tertiary/aromatic N) is 6. The minimum atomic E-state index is -1.57. The lowest BCUT2D eigenvalue weighted by Crippen LogP contribution is -2.51. The number of benzene rings is 2. The minimum absolute atomic E-state index is 0.0432. The molecule has 4 saturated heterocycles. The number of aliphatic hydroxyl groups excluding tert-OH is 2. The van der Waals surface area contributed by atoms with E-state index >= 15 is 0 Å². The van der Waals surface area contributed by atoms with Crippen LogP contribution in [0.3, 0.4) is 0 Å². The number of hydrogen-bond acceptors (Lipinski definition) is 12. The summed E-state index contributed by atoms with van der Waals surface area (Å²) in [7, 11) is 0. The van der Waals surface area contributed by atoms with E-state index in [1.165, 1.54) is 23.3 Å². The fourth-order valence-corrected chi connectivity index (χ4v) is 11.7. The Morgan fingerprint density at radius 2 is 1.00 bits per heavy atom. The molecule has 0 bridgehead atoms. The van der Waals surface area contributed by atoms with E-state index in [2.05, 4.69) is 25.8 Å². The van der Waals surface area contributed by atoms with E-state index in [9.17, 15) is 50.9 Å². The third-order valence-electron chi connectivity index (χ3n) is 16.0. The van der Waals surface area contributed by atoms with Crippen molar-refractivity contribution < 1.29 is 69.6 Å². The highest BCUT2D eigenvalue weighted by molar-refractivity contribution is 5.92. The number of aromatic nitrogens is 2. The Morgan fingerprint density at radius 3 is 1.38 bits per heavy atom. The molecule has 2 atom stereocenters. The second kappa shape index (κ2) is 27.8. The molecule has 2 amide bonds. The van der Waals surface area contributed by atoms with E-state index in [-0.39, 0.29) is 54.3 Å². The number of hydrogen-bond donors (Lipinski definition) is 3. The summed E-state index contributed by atoms with van der Waals surface area (Å²) in [5.41, 5.74) is 3.41. The fraction of sp³-hybridized carbons (Fsp3) is 0.459. The van der Waals surface area contributed by atoms with Gasteiger partial charge in [-0.25, -0.2) is 45.9 Å². The summed E-state index contributed by atoms with van der Waals surface area (Å²) in [6, 6.07) is 11.3. The molecule has 0 radical (unpaired) electrons. The number of carbonyl (C=O) groups excluding carboxylic acids is 2. The highest BCUT2D eigenvalue weighted by Crippen LogP contribution is 2.38. The van der Waals surface area contributed by atoms with Crippen molar-refractivity contribution in [1.29, 1.82) is 0 Å². The maximum absolute atomic E-state index is 13.4. The highest BCUT2D eigenvalue weighted by atomic mass is 19.2. The number of carbonyl (C=O) groups is 3. The van der Waals surface area contributed by atoms with Crippen LogP contribution in [0.15, 0.2) is 94.4 Å². The monoisotopic (exact) mass is 1140 g/mol. The number of furan rings is 2. The number of carboxylic acid groups (broad SMARTS) is 1. The normalized spacial score (nSPS) is 18.4. The third-order valence-corrected chi connectivity index (χ3v) is 16.0. The molecule has 4 aliphatic rings. The molecule has 4 aromatic heterocycles. The van der Waals surface area contributed by atoms with Gasteiger partial charge in [-0.1, -0.05) is 0 Å². The maximum Gasteiger partial charge on any atom is 0.410 e. The Balaban J connectivity index is 0.000000176. The molecule has 15 nitrogen and oxygen atoms in total. The zero-order chi connectivity index (χ0) is 58.7. The zero-order valence-corrected chi connectivity index (χ0v) is 46.2. The summed E-state index contributed by atoms with van der Waals surface area (Å²) < 4.78 is 94.3. The van der Waals surface area contributed by atoms with Gasteiger partial charge >= 0.3 is 12.1 Å². The van der Waals surface area contributed by atoms with Gasteiger partial charge in [-0.05, 0) is 194 Å². The Kier molecular flexibility index (Phi) is 20.7. The molecule has 3 N–H and O–H groups in total. The number of aliphatic carboxylic acids is 1. The lowest BCUT2D eigenvalue weighted by atomic mass is 9.85. The van der Waals surface area contributed by atoms with Gasteiger partial charge in [-0.3, -0.25) is 14.6 Å². The smallest absolute Gasteiger partial charge is 0.410 e. The van der Waals surface area contributed by atoms with Crippen molar-refractivity contribution >= 4 is 52.3 Å². The zero-order valence-electron chi connectivity index (χ0n) is 46.2. The predicted octanol–water partition coefficient (Wildman–Crippen LogP) is 11.0. The van der Waals surface area contributed by atoms with Gasteiger partial charge in [0.25, 0.3) is 0 Å². The summed E-state index contributed by atoms with van der Waals surface area (Å²) in [6.07, 6.45) is 18.6. The van der Waals surface area contributed by atoms with Crippen LogP contribution in [0.25, 0.3) is 34.4 Å². The van der Waals surface area contributed by atoms with Crippen LogP contribution in [0, 0.1) is 46.7 Å². The maximum atomic E-state index is 13.4. The Morgan fingerprint density at radius 1 is 0.610 bits per heavy atom. The van der Waals surface area contributed by atoms with Crippen molar-refractivity contribution in [3.05, 3.63) is 143 Å². The average molecular weight is 1150 g/mol. The molecule has 0 spiro atoms. The standard InChI is InChI=1S/C28H30F3N3O3.C24H35N3O4.C9H5F3O2/c29-23-14-18(15-24(30)27(23)31)3-4-26(36)34-12-7-20(8-13-34)25(16-35)33-10-5-19(6-11-33)22-17-37-28-21(22)2-1-9-32-28;1-24(2,3)31-23(29)27-13-8-18(9-14-27)21(15-28)26-11-6-17(7-12-26)20-16-30-22-19(20)5-4-10-25-22;10-6-3-5(1-2-8(13)14)4-7(11)9(6)12/h1-4,9,14-15,17,19-20,25,35H,5-8,10-13,16H2;4-5,10,16-18,21,28H,6-9,11-15H2,1-3H3;1-4H,(H,13,14)/b4-3+;;2-1+. The van der Waals surface area contributed by atoms with Gasteiger partial charge in [-0.2, -0.15) is 0 Å². The van der Waals surface area contributed by atoms with Crippen LogP contribution < -0.4 is 0 Å². The molecule has 8 heterocycles. The highest BCUT2D eigenvalue weighted by Gasteiger charge is 2.37. The Bertz CT molecular complexity index is 3140. The van der Waals surface area contributed by atoms with Crippen LogP contribution in [0.4, 0.5) is 31.1 Å². The van der Waals surface area contributed by atoms with Crippen LogP contribution in [0.2, 0.25) is 0 Å². The lowest BCUT2D eigenvalue weighted by Gasteiger charge is -2.43. The summed E-state index contributed by atoms with van der Waals surface area (Å²) in [6.45, 7) is 12.1. The Hall–Kier alpha value is -7.07. The van der Waals surface area contributed by atoms with Gasteiger partial charge in [0.2, 0.25) is 17.3 Å². The van der Waals surface area contributed by atoms with E-state index in [1.807, 2.05) is 51.5 Å². The number of piperidine rings is 4. The van der Waals surface area contributed by atoms with Crippen molar-refractivity contribution in [2.75, 3.05) is 65.6 Å². The van der Waals surface area contributed by atoms with Gasteiger partial charge in [0.1, 0.15) is 5.60 Å². The van der Waals surface area contributed by atoms with E-state index in [0.29, 0.717) is 73.6 Å². The number of amides is 2. The molecule has 2 unspecified atom stereocenters. The van der Waals surface area contributed by atoms with Gasteiger partial charge < -0.3 is 38.7 Å². The van der Waals surface area contributed by atoms with Gasteiger partial charge in [0.05, 0.1) is 25.7 Å². The first kappa shape index (κ1) is 61.0. The molecule has 0 saturated carbocycles. The van der Waals surface area contributed by atoms with Crippen molar-refractivity contribution in [3.63, 3.8) is 0 Å². The van der Waals surface area contributed by atoms with Crippen LogP contribution in [-0.2, 0) is 14.3 Å². The van der Waals surface area contributed by atoms with Crippen LogP contribution >= 0.6 is 0 Å². The number of halogens is 6. The molecule has 6 aromatic rings. The first-order chi connectivity index (χ1) is 39.3. The summed E-state index contributed by atoms with van der Waals surface area (Å²) in [5, 5.41) is 30.8. The summed E-state index contributed by atoms with van der Waals surface area (Å²) in [5.74, 6) is -8.35. The van der Waals surface area contributed by atoms with Crippen LogP contribution in [0.5, 0.6) is 0 Å². The van der Waals surface area contributed by atoms with Crippen molar-refractivity contribution in [1.82, 2.24) is 29.6 Å². The SMILES string of the molecule is CC(C)(C)OC(=O)N1CCC(C(CO)N2CCC(c3coc4ncccc34)CC2)CC1.O=C(/C=C/c1cc(F)c(F)c(F)c1)N1CCC(C(CO)N2CCC(c3coc4ncccc34)CC2)CC1.O=C(O)/C=C/c1cc(F)c(F)c(F)c1. The molecule has 2 aromatic carbocycles. The quantitative estimate of drug-likeness (QED) is 0.0598. The molecular weight excluding hydrogens is 1070 g/mol. The van der Waals surface area contributed by atoms with E-state index < -0.39 is 46.5 Å². The van der Waals surface area contributed by atoms with E-state index in [0.717, 1.165) is 107 Å². The van der Waals surface area contributed by atoms with Crippen LogP contribution in [-0.4, -0.2) is 146 Å². The Labute approximate surface area is 471 Å². The molecule has 4 fully saturated rings. The average Bonchev–Trinajstić information content (AvgIpc) is 4.17. The van der Waals surface area contributed by atoms with E-state index in [1.54, 1.807) is 22.2 Å². The van der Waals surface area contributed by atoms with Crippen molar-refractivity contribution in [3.8, 4) is 0 Å². The second-order valence-electron chi connectivity index (χ2n) is 22.3. The third kappa shape index (κ3) is 15.5. The van der Waals surface area contributed by atoms with Crippen molar-refractivity contribution in [2.45, 2.75) is 102 Å². The number of rotatable bonds is 12. The number of ether oxygens (including phenoxy) is 1. The van der Waals surface area contributed by atoms with Gasteiger partial charge in [0.15, 0.2) is 34.9 Å². The molecule has 10 rings (SSSR count). The molecule has 440 valence electrons. The van der Waals surface area contributed by atoms with Gasteiger partial charge in [-0.15, -0.1) is 0 Å². The number of likely N-dealkylation sites (tertiary alicyclic amines) is 4. The molecule has 21 heteroatoms. The minimum Gasteiger partial charge on any atom is -0.478 e. The molecular formula is C61H70F6N6O9. The molecule has 4 aliphatic heterocycles. The lowest BCUT2D eigenvalue weighted by molar-refractivity contribution is -0.131. The van der Waals surface area contributed by atoms with E-state index in [4.69, 9.17) is 18.7 Å². The topological polar surface area (TPSA) is 186 Å². The predicted molar refractivity (Wildman–Crippen MR) is 295 cm³/mol. The first-order valence-electron chi connectivity index (χ1n) is 27.8. The second-order valence-corrected chi connectivity index (χ2v) is 22.3. The number of carboxylic acids is 1. The fourth-order valence-electron chi connectivity index (χ4n) is 11.7. The number of aliphatic hydroxyl groups is 2. The molecule has 82 heavy (non-hydrogen) atoms. The van der Waals surface area contributed by atoms with Crippen molar-refractivity contribution in [2.24, 2.45) is 11.8 Å².